The summed E-state index contributed by atoms with van der Waals surface area (Å²) in [5, 5.41) is 10.7. The minimum absolute atomic E-state index is 0.0431. The van der Waals surface area contributed by atoms with Gasteiger partial charge in [-0.15, -0.1) is 0 Å². The van der Waals surface area contributed by atoms with E-state index >= 15 is 0 Å². The third-order valence-electron chi connectivity index (χ3n) is 4.75. The molecule has 182 valence electrons. The molecule has 0 bridgehead atoms. The molecule has 0 heterocycles. The standard InChI is InChI=1S/C23H29N5O5S/c1-6-17(3)27-28(34(31,32)20-14-12-16(2)13-15-20)21(22(29)33-5)18(4)25-26-23(30)24-19-10-8-7-9-11-19/h7-15,21H,6H2,1-5H3,(H2,24,26,30)/b25-18+,27-17+. The van der Waals surface area contributed by atoms with Gasteiger partial charge in [0.1, 0.15) is 0 Å². The molecule has 10 nitrogen and oxygen atoms in total. The summed E-state index contributed by atoms with van der Waals surface area (Å²) >= 11 is 0. The number of hydrogen-bond acceptors (Lipinski definition) is 7. The van der Waals surface area contributed by atoms with Gasteiger partial charge in [0.15, 0.2) is 0 Å². The fraction of sp³-hybridized carbons (Fsp3) is 0.304. The minimum Gasteiger partial charge on any atom is -0.467 e. The molecule has 1 atom stereocenters. The van der Waals surface area contributed by atoms with Crippen LogP contribution in [0.3, 0.4) is 0 Å². The first-order valence-corrected chi connectivity index (χ1v) is 11.9. The average molecular weight is 488 g/mol. The van der Waals surface area contributed by atoms with Crippen LogP contribution in [0.1, 0.15) is 32.8 Å². The zero-order valence-corrected chi connectivity index (χ0v) is 20.6. The number of ether oxygens (including phenoxy) is 1. The first kappa shape index (κ1) is 26.5. The lowest BCUT2D eigenvalue weighted by Crippen LogP contribution is -2.48. The summed E-state index contributed by atoms with van der Waals surface area (Å²) in [6, 6.07) is 12.6. The van der Waals surface area contributed by atoms with Gasteiger partial charge in [0.25, 0.3) is 10.0 Å². The van der Waals surface area contributed by atoms with E-state index in [-0.39, 0.29) is 10.6 Å². The van der Waals surface area contributed by atoms with Gasteiger partial charge in [-0.25, -0.2) is 15.0 Å². The number of urea groups is 1. The van der Waals surface area contributed by atoms with Crippen molar-refractivity contribution >= 4 is 39.1 Å². The van der Waals surface area contributed by atoms with Gasteiger partial charge in [-0.05, 0) is 51.5 Å². The van der Waals surface area contributed by atoms with Crippen LogP contribution in [0.15, 0.2) is 69.7 Å². The number of amides is 2. The second kappa shape index (κ2) is 11.9. The quantitative estimate of drug-likeness (QED) is 0.318. The fourth-order valence-electron chi connectivity index (χ4n) is 2.72. The number of hydrazone groups is 2. The molecule has 2 aromatic rings. The Labute approximate surface area is 199 Å². The van der Waals surface area contributed by atoms with Crippen molar-refractivity contribution in [3.63, 3.8) is 0 Å². The van der Waals surface area contributed by atoms with Gasteiger partial charge >= 0.3 is 12.0 Å². The third kappa shape index (κ3) is 6.88. The topological polar surface area (TPSA) is 130 Å². The van der Waals surface area contributed by atoms with E-state index in [4.69, 9.17) is 4.74 Å². The number of nitrogens with one attached hydrogen (secondary N) is 2. The maximum atomic E-state index is 13.5. The number of carbonyl (C=O) groups excluding carboxylic acids is 2. The van der Waals surface area contributed by atoms with Crippen LogP contribution in [0.25, 0.3) is 0 Å². The second-order valence-corrected chi connectivity index (χ2v) is 9.19. The third-order valence-corrected chi connectivity index (χ3v) is 6.41. The van der Waals surface area contributed by atoms with E-state index in [1.54, 1.807) is 56.3 Å². The van der Waals surface area contributed by atoms with Crippen molar-refractivity contribution in [3.8, 4) is 0 Å². The summed E-state index contributed by atoms with van der Waals surface area (Å²) in [5.41, 5.74) is 4.09. The Bertz CT molecular complexity index is 1160. The van der Waals surface area contributed by atoms with Crippen LogP contribution >= 0.6 is 0 Å². The Balaban J connectivity index is 2.45. The van der Waals surface area contributed by atoms with Gasteiger partial charge in [-0.3, -0.25) is 0 Å². The van der Waals surface area contributed by atoms with Crippen molar-refractivity contribution in [1.29, 1.82) is 0 Å². The van der Waals surface area contributed by atoms with E-state index < -0.39 is 28.1 Å². The average Bonchev–Trinajstić information content (AvgIpc) is 2.82. The number of anilines is 1. The Morgan fingerprint density at radius 3 is 2.24 bits per heavy atom. The first-order valence-electron chi connectivity index (χ1n) is 10.5. The fourth-order valence-corrected chi connectivity index (χ4v) is 4.18. The molecular formula is C23H29N5O5S. The second-order valence-electron chi connectivity index (χ2n) is 7.39. The van der Waals surface area contributed by atoms with Crippen molar-refractivity contribution in [1.82, 2.24) is 9.84 Å². The van der Waals surface area contributed by atoms with E-state index in [9.17, 15) is 18.0 Å². The number of carbonyl (C=O) groups is 2. The van der Waals surface area contributed by atoms with Gasteiger partial charge < -0.3 is 10.1 Å². The van der Waals surface area contributed by atoms with Crippen molar-refractivity contribution in [2.45, 2.75) is 45.1 Å². The molecule has 0 aliphatic heterocycles. The number of benzene rings is 2. The highest BCUT2D eigenvalue weighted by Gasteiger charge is 2.38. The van der Waals surface area contributed by atoms with E-state index in [2.05, 4.69) is 20.9 Å². The SMILES string of the molecule is CC/C(C)=N/N(C(C(=O)OC)/C(C)=N/NC(=O)Nc1ccccc1)S(=O)(=O)c1ccc(C)cc1. The number of hydrogen-bond donors (Lipinski definition) is 2. The van der Waals surface area contributed by atoms with E-state index in [0.29, 0.717) is 22.2 Å². The molecule has 1 unspecified atom stereocenters. The molecule has 0 aliphatic rings. The number of sulfonamides is 1. The molecule has 11 heteroatoms. The van der Waals surface area contributed by atoms with E-state index in [1.165, 1.54) is 19.1 Å². The molecule has 0 aliphatic carbocycles. The Hall–Kier alpha value is -3.73. The molecule has 0 saturated carbocycles. The number of nitrogens with zero attached hydrogens (tertiary/aromatic N) is 3. The van der Waals surface area contributed by atoms with Crippen LogP contribution in [0.5, 0.6) is 0 Å². The molecular weight excluding hydrogens is 458 g/mol. The minimum atomic E-state index is -4.27. The van der Waals surface area contributed by atoms with Crippen LogP contribution in [0.4, 0.5) is 10.5 Å². The molecule has 2 rings (SSSR count). The maximum Gasteiger partial charge on any atom is 0.339 e. The Morgan fingerprint density at radius 1 is 1.06 bits per heavy atom. The zero-order chi connectivity index (χ0) is 25.3. The molecule has 2 aromatic carbocycles. The maximum absolute atomic E-state index is 13.5. The number of esters is 1. The lowest BCUT2D eigenvalue weighted by molar-refractivity contribution is -0.142. The molecule has 34 heavy (non-hydrogen) atoms. The number of rotatable bonds is 9. The molecule has 2 amide bonds. The van der Waals surface area contributed by atoms with Crippen molar-refractivity contribution in [3.05, 3.63) is 60.2 Å². The predicted molar refractivity (Wildman–Crippen MR) is 131 cm³/mol. The van der Waals surface area contributed by atoms with E-state index in [0.717, 1.165) is 12.7 Å². The lowest BCUT2D eigenvalue weighted by atomic mass is 10.2. The van der Waals surface area contributed by atoms with Crippen molar-refractivity contribution in [2.24, 2.45) is 10.2 Å². The lowest BCUT2D eigenvalue weighted by Gasteiger charge is -2.27. The summed E-state index contributed by atoms with van der Waals surface area (Å²) in [7, 11) is -3.14. The van der Waals surface area contributed by atoms with Crippen LogP contribution in [-0.4, -0.2) is 49.4 Å². The summed E-state index contributed by atoms with van der Waals surface area (Å²) in [5.74, 6) is -0.908. The van der Waals surface area contributed by atoms with E-state index in [1.807, 2.05) is 6.92 Å². The van der Waals surface area contributed by atoms with Crippen LogP contribution in [-0.2, 0) is 19.6 Å². The van der Waals surface area contributed by atoms with Crippen molar-refractivity contribution < 1.29 is 22.7 Å². The predicted octanol–water partition coefficient (Wildman–Crippen LogP) is 3.51. The van der Waals surface area contributed by atoms with Gasteiger partial charge in [0, 0.05) is 11.4 Å². The van der Waals surface area contributed by atoms with Gasteiger partial charge in [-0.2, -0.15) is 23.0 Å². The highest BCUT2D eigenvalue weighted by Crippen LogP contribution is 2.22. The van der Waals surface area contributed by atoms with Crippen LogP contribution in [0.2, 0.25) is 0 Å². The molecule has 0 spiro atoms. The molecule has 0 aromatic heterocycles. The molecule has 0 fully saturated rings. The summed E-state index contributed by atoms with van der Waals surface area (Å²) < 4.78 is 32.5. The summed E-state index contributed by atoms with van der Waals surface area (Å²) in [4.78, 5) is 24.9. The number of aryl methyl sites for hydroxylation is 1. The summed E-state index contributed by atoms with van der Waals surface area (Å²) in [6.45, 7) is 6.68. The van der Waals surface area contributed by atoms with Crippen LogP contribution in [0, 0.1) is 6.92 Å². The summed E-state index contributed by atoms with van der Waals surface area (Å²) in [6.07, 6.45) is 0.446. The van der Waals surface area contributed by atoms with Gasteiger partial charge in [0.2, 0.25) is 6.04 Å². The van der Waals surface area contributed by atoms with Gasteiger partial charge in [0.05, 0.1) is 17.7 Å². The van der Waals surface area contributed by atoms with Crippen LogP contribution < -0.4 is 10.7 Å². The first-order chi connectivity index (χ1) is 16.1. The Kier molecular flexibility index (Phi) is 9.31. The van der Waals surface area contributed by atoms with Gasteiger partial charge in [-0.1, -0.05) is 42.8 Å². The Morgan fingerprint density at radius 2 is 1.68 bits per heavy atom. The molecule has 0 radical (unpaired) electrons. The highest BCUT2D eigenvalue weighted by molar-refractivity contribution is 7.89. The zero-order valence-electron chi connectivity index (χ0n) is 19.8. The largest absolute Gasteiger partial charge is 0.467 e. The smallest absolute Gasteiger partial charge is 0.339 e. The molecule has 2 N–H and O–H groups in total. The number of methoxy groups -OCH3 is 1. The highest BCUT2D eigenvalue weighted by atomic mass is 32.2. The number of para-hydroxylation sites is 1. The normalized spacial score (nSPS) is 13.1. The van der Waals surface area contributed by atoms with Crippen molar-refractivity contribution in [2.75, 3.05) is 12.4 Å². The molecule has 0 saturated heterocycles. The monoisotopic (exact) mass is 487 g/mol.